The number of hydrogen-bond donors (Lipinski definition) is 2. The molecule has 2 rings (SSSR count). The van der Waals surface area contributed by atoms with Crippen LogP contribution in [-0.2, 0) is 20.7 Å². The number of phenols is 1. The Hall–Kier alpha value is -2.08. The Morgan fingerprint density at radius 2 is 2.19 bits per heavy atom. The van der Waals surface area contributed by atoms with E-state index in [-0.39, 0.29) is 30.6 Å². The summed E-state index contributed by atoms with van der Waals surface area (Å²) in [6.07, 6.45) is 0.0720. The van der Waals surface area contributed by atoms with Gasteiger partial charge in [0.2, 0.25) is 11.8 Å². The molecule has 1 unspecified atom stereocenters. The van der Waals surface area contributed by atoms with Gasteiger partial charge in [-0.1, -0.05) is 18.2 Å². The first-order chi connectivity index (χ1) is 10.1. The first kappa shape index (κ1) is 15.3. The summed E-state index contributed by atoms with van der Waals surface area (Å²) in [5, 5.41) is 12.5. The van der Waals surface area contributed by atoms with Gasteiger partial charge in [0.25, 0.3) is 0 Å². The number of hydrogen-bond acceptors (Lipinski definition) is 4. The lowest BCUT2D eigenvalue weighted by Crippen LogP contribution is -2.56. The number of aromatic hydroxyl groups is 1. The van der Waals surface area contributed by atoms with E-state index in [1.54, 1.807) is 24.3 Å². The molecule has 2 amide bonds. The van der Waals surface area contributed by atoms with Gasteiger partial charge in [-0.05, 0) is 13.0 Å². The largest absolute Gasteiger partial charge is 0.508 e. The number of carbonyl (C=O) groups is 2. The summed E-state index contributed by atoms with van der Waals surface area (Å²) in [6, 6.07) is 6.12. The van der Waals surface area contributed by atoms with Crippen LogP contribution in [-0.4, -0.2) is 54.2 Å². The smallest absolute Gasteiger partial charge is 0.245 e. The Morgan fingerprint density at radius 3 is 2.90 bits per heavy atom. The number of amides is 2. The number of benzene rings is 1. The first-order valence-electron chi connectivity index (χ1n) is 7.05. The molecule has 1 aliphatic heterocycles. The number of nitrogens with one attached hydrogen (secondary N) is 1. The Morgan fingerprint density at radius 1 is 1.43 bits per heavy atom. The van der Waals surface area contributed by atoms with Crippen LogP contribution >= 0.6 is 0 Å². The third-order valence-corrected chi connectivity index (χ3v) is 3.44. The van der Waals surface area contributed by atoms with Crippen LogP contribution in [0.3, 0.4) is 0 Å². The van der Waals surface area contributed by atoms with Crippen LogP contribution in [0, 0.1) is 0 Å². The van der Waals surface area contributed by atoms with Crippen LogP contribution in [0.2, 0.25) is 0 Å². The highest BCUT2D eigenvalue weighted by atomic mass is 16.5. The zero-order chi connectivity index (χ0) is 15.2. The molecule has 0 spiro atoms. The molecule has 1 aliphatic rings. The molecule has 6 nitrogen and oxygen atoms in total. The van der Waals surface area contributed by atoms with Crippen molar-refractivity contribution in [2.45, 2.75) is 19.4 Å². The maximum absolute atomic E-state index is 12.4. The highest BCUT2D eigenvalue weighted by Gasteiger charge is 2.32. The van der Waals surface area contributed by atoms with Crippen LogP contribution < -0.4 is 5.32 Å². The predicted molar refractivity (Wildman–Crippen MR) is 76.8 cm³/mol. The second kappa shape index (κ2) is 7.08. The van der Waals surface area contributed by atoms with Crippen LogP contribution in [0.5, 0.6) is 5.75 Å². The Balaban J connectivity index is 2.08. The van der Waals surface area contributed by atoms with E-state index in [4.69, 9.17) is 4.74 Å². The van der Waals surface area contributed by atoms with Crippen LogP contribution in [0.4, 0.5) is 0 Å². The zero-order valence-electron chi connectivity index (χ0n) is 12.0. The Bertz CT molecular complexity index is 518. The lowest BCUT2D eigenvalue weighted by Gasteiger charge is -2.34. The van der Waals surface area contributed by atoms with Gasteiger partial charge >= 0.3 is 0 Å². The summed E-state index contributed by atoms with van der Waals surface area (Å²) in [7, 11) is 0. The molecule has 2 N–H and O–H groups in total. The van der Waals surface area contributed by atoms with E-state index < -0.39 is 6.04 Å². The summed E-state index contributed by atoms with van der Waals surface area (Å²) in [6.45, 7) is 3.35. The number of likely N-dealkylation sites (N-methyl/N-ethyl adjacent to an activating group) is 1. The molecule has 0 radical (unpaired) electrons. The molecule has 1 atom stereocenters. The summed E-state index contributed by atoms with van der Waals surface area (Å²) in [5.41, 5.74) is 0.559. The third-order valence-electron chi connectivity index (χ3n) is 3.44. The summed E-state index contributed by atoms with van der Waals surface area (Å²) >= 11 is 0. The van der Waals surface area contributed by atoms with Crippen molar-refractivity contribution in [3.05, 3.63) is 29.8 Å². The number of phenolic OH excluding ortho intramolecular Hbond substituents is 1. The number of carbonyl (C=O) groups excluding carboxylic acids is 2. The van der Waals surface area contributed by atoms with Gasteiger partial charge in [0.15, 0.2) is 0 Å². The van der Waals surface area contributed by atoms with Crippen molar-refractivity contribution in [3.8, 4) is 5.75 Å². The molecule has 1 aromatic rings. The van der Waals surface area contributed by atoms with Gasteiger partial charge < -0.3 is 20.1 Å². The van der Waals surface area contributed by atoms with Gasteiger partial charge in [0, 0.05) is 18.7 Å². The molecule has 6 heteroatoms. The van der Waals surface area contributed by atoms with E-state index in [1.165, 1.54) is 4.90 Å². The molecule has 1 heterocycles. The van der Waals surface area contributed by atoms with Gasteiger partial charge in [-0.3, -0.25) is 9.59 Å². The first-order valence-corrected chi connectivity index (χ1v) is 7.05. The minimum absolute atomic E-state index is 0.0720. The van der Waals surface area contributed by atoms with Crippen LogP contribution in [0.15, 0.2) is 24.3 Å². The number of para-hydroxylation sites is 1. The number of ether oxygens (including phenoxy) is 1. The van der Waals surface area contributed by atoms with Crippen molar-refractivity contribution in [1.82, 2.24) is 10.2 Å². The van der Waals surface area contributed by atoms with Crippen molar-refractivity contribution in [1.29, 1.82) is 0 Å². The van der Waals surface area contributed by atoms with Crippen molar-refractivity contribution < 1.29 is 19.4 Å². The van der Waals surface area contributed by atoms with Crippen molar-refractivity contribution >= 4 is 11.8 Å². The highest BCUT2D eigenvalue weighted by molar-refractivity contribution is 5.89. The van der Waals surface area contributed by atoms with E-state index in [2.05, 4.69) is 5.32 Å². The molecule has 21 heavy (non-hydrogen) atoms. The van der Waals surface area contributed by atoms with Crippen LogP contribution in [0.25, 0.3) is 0 Å². The number of morpholine rings is 1. The fourth-order valence-corrected chi connectivity index (χ4v) is 2.34. The standard InChI is InChI=1S/C15H20N2O4/c1-2-16-15(20)12-10-21-8-7-17(12)14(19)9-11-5-3-4-6-13(11)18/h3-6,12,18H,2,7-10H2,1H3,(H,16,20). The van der Waals surface area contributed by atoms with Gasteiger partial charge in [-0.25, -0.2) is 0 Å². The fraction of sp³-hybridized carbons (Fsp3) is 0.467. The Kier molecular flexibility index (Phi) is 5.16. The van der Waals surface area contributed by atoms with Gasteiger partial charge in [-0.15, -0.1) is 0 Å². The van der Waals surface area contributed by atoms with Gasteiger partial charge in [0.05, 0.1) is 19.6 Å². The van der Waals surface area contributed by atoms with E-state index in [0.717, 1.165) is 0 Å². The highest BCUT2D eigenvalue weighted by Crippen LogP contribution is 2.18. The average molecular weight is 292 g/mol. The van der Waals surface area contributed by atoms with Crippen molar-refractivity contribution in [3.63, 3.8) is 0 Å². The molecule has 1 fully saturated rings. The molecule has 0 aromatic heterocycles. The van der Waals surface area contributed by atoms with E-state index in [0.29, 0.717) is 25.3 Å². The third kappa shape index (κ3) is 3.72. The molecule has 0 saturated carbocycles. The SMILES string of the molecule is CCNC(=O)C1COCCN1C(=O)Cc1ccccc1O. The molecule has 0 aliphatic carbocycles. The summed E-state index contributed by atoms with van der Waals surface area (Å²) in [5.74, 6) is -0.299. The monoisotopic (exact) mass is 292 g/mol. The maximum atomic E-state index is 12.4. The van der Waals surface area contributed by atoms with E-state index in [9.17, 15) is 14.7 Å². The number of rotatable bonds is 4. The average Bonchev–Trinajstić information content (AvgIpc) is 2.50. The maximum Gasteiger partial charge on any atom is 0.245 e. The van der Waals surface area contributed by atoms with E-state index >= 15 is 0 Å². The molecule has 114 valence electrons. The van der Waals surface area contributed by atoms with Crippen LogP contribution in [0.1, 0.15) is 12.5 Å². The quantitative estimate of drug-likeness (QED) is 0.836. The molecule has 1 aromatic carbocycles. The number of nitrogens with zero attached hydrogens (tertiary/aromatic N) is 1. The predicted octanol–water partition coefficient (Wildman–Crippen LogP) is 0.298. The normalized spacial score (nSPS) is 18.3. The second-order valence-electron chi connectivity index (χ2n) is 4.88. The summed E-state index contributed by atoms with van der Waals surface area (Å²) in [4.78, 5) is 25.9. The minimum Gasteiger partial charge on any atom is -0.508 e. The van der Waals surface area contributed by atoms with Gasteiger partial charge in [-0.2, -0.15) is 0 Å². The van der Waals surface area contributed by atoms with Crippen molar-refractivity contribution in [2.24, 2.45) is 0 Å². The molecular formula is C15H20N2O4. The minimum atomic E-state index is -0.600. The zero-order valence-corrected chi connectivity index (χ0v) is 12.0. The topological polar surface area (TPSA) is 78.9 Å². The summed E-state index contributed by atoms with van der Waals surface area (Å²) < 4.78 is 5.30. The molecule has 1 saturated heterocycles. The van der Waals surface area contributed by atoms with Gasteiger partial charge in [0.1, 0.15) is 11.8 Å². The Labute approximate surface area is 123 Å². The second-order valence-corrected chi connectivity index (χ2v) is 4.88. The van der Waals surface area contributed by atoms with Crippen molar-refractivity contribution in [2.75, 3.05) is 26.3 Å². The fourth-order valence-electron chi connectivity index (χ4n) is 2.34. The lowest BCUT2D eigenvalue weighted by atomic mass is 10.1. The molecule has 0 bridgehead atoms. The molecular weight excluding hydrogens is 272 g/mol. The van der Waals surface area contributed by atoms with E-state index in [1.807, 2.05) is 6.92 Å². The lowest BCUT2D eigenvalue weighted by molar-refractivity contribution is -0.148.